The summed E-state index contributed by atoms with van der Waals surface area (Å²) in [7, 11) is -1.61. The van der Waals surface area contributed by atoms with Crippen LogP contribution in [-0.4, -0.2) is 46.0 Å². The van der Waals surface area contributed by atoms with Crippen LogP contribution in [0.3, 0.4) is 0 Å². The van der Waals surface area contributed by atoms with E-state index in [1.54, 1.807) is 29.5 Å². The van der Waals surface area contributed by atoms with Gasteiger partial charge in [-0.3, -0.25) is 0 Å². The van der Waals surface area contributed by atoms with Gasteiger partial charge in [0.25, 0.3) is 0 Å². The Labute approximate surface area is 200 Å². The molecule has 1 aliphatic heterocycles. The van der Waals surface area contributed by atoms with Crippen molar-refractivity contribution in [3.63, 3.8) is 0 Å². The monoisotopic (exact) mass is 482 g/mol. The molecular weight excluding hydrogens is 452 g/mol. The Morgan fingerprint density at radius 3 is 2.58 bits per heavy atom. The lowest BCUT2D eigenvalue weighted by atomic mass is 10.0. The normalized spacial score (nSPS) is 15.2. The van der Waals surface area contributed by atoms with Gasteiger partial charge in [0.15, 0.2) is 0 Å². The van der Waals surface area contributed by atoms with E-state index in [1.807, 2.05) is 0 Å². The fourth-order valence-electron chi connectivity index (χ4n) is 4.23. The second-order valence-corrected chi connectivity index (χ2v) is 10.9. The number of fused-ring (bicyclic) bond motifs is 1. The molecule has 0 aliphatic carbocycles. The Hall–Kier alpha value is -2.57. The number of thiophene rings is 1. The molecule has 0 bridgehead atoms. The predicted molar refractivity (Wildman–Crippen MR) is 139 cm³/mol. The number of rotatable bonds is 6. The van der Waals surface area contributed by atoms with Gasteiger partial charge >= 0.3 is 0 Å². The highest BCUT2D eigenvalue weighted by molar-refractivity contribution is 7.89. The fourth-order valence-corrected chi connectivity index (χ4v) is 6.19. The van der Waals surface area contributed by atoms with Crippen LogP contribution in [0.15, 0.2) is 47.4 Å². The van der Waals surface area contributed by atoms with Crippen LogP contribution in [0.25, 0.3) is 10.1 Å². The summed E-state index contributed by atoms with van der Waals surface area (Å²) < 4.78 is 24.8. The summed E-state index contributed by atoms with van der Waals surface area (Å²) >= 11 is 1.73. The average Bonchev–Trinajstić information content (AvgIpc) is 3.16. The third-order valence-electron chi connectivity index (χ3n) is 6.01. The van der Waals surface area contributed by atoms with Gasteiger partial charge in [0.1, 0.15) is 4.90 Å². The molecule has 6 nitrogen and oxygen atoms in total. The van der Waals surface area contributed by atoms with Crippen LogP contribution in [0, 0.1) is 11.8 Å². The molecule has 8 heteroatoms. The molecule has 0 unspecified atom stereocenters. The van der Waals surface area contributed by atoms with Gasteiger partial charge in [-0.25, -0.2) is 13.6 Å². The summed E-state index contributed by atoms with van der Waals surface area (Å²) in [5, 5.41) is 13.4. The number of primary sulfonamides is 1. The van der Waals surface area contributed by atoms with Crippen LogP contribution >= 0.6 is 11.3 Å². The minimum atomic E-state index is -3.79. The molecule has 1 saturated heterocycles. The van der Waals surface area contributed by atoms with E-state index < -0.39 is 10.0 Å². The van der Waals surface area contributed by atoms with Gasteiger partial charge in [0.2, 0.25) is 10.0 Å². The number of nitrogens with zero attached hydrogens (tertiary/aromatic N) is 1. The summed E-state index contributed by atoms with van der Waals surface area (Å²) in [6.45, 7) is 4.72. The molecule has 1 aromatic heterocycles. The van der Waals surface area contributed by atoms with Crippen LogP contribution in [0.4, 0.5) is 11.4 Å². The van der Waals surface area contributed by atoms with Crippen molar-refractivity contribution >= 4 is 42.8 Å². The van der Waals surface area contributed by atoms with Gasteiger partial charge in [0.05, 0.1) is 27.5 Å². The first-order valence-electron chi connectivity index (χ1n) is 11.2. The zero-order chi connectivity index (χ0) is 23.4. The number of hydrogen-bond donors (Lipinski definition) is 3. The first kappa shape index (κ1) is 23.6. The van der Waals surface area contributed by atoms with E-state index in [9.17, 15) is 8.42 Å². The van der Waals surface area contributed by atoms with E-state index in [0.29, 0.717) is 18.3 Å². The lowest BCUT2D eigenvalue weighted by Gasteiger charge is -2.30. The topological polar surface area (TPSA) is 87.5 Å². The standard InChI is InChI=1S/C25H30N4O2S2/c1-3-19-20-8-6-10-22(28-18-13-16-29(2)17-14-18)25(20)32-23(19)11-7-15-27-21-9-4-5-12-24(21)33(26,30)31/h4-6,8-10,12,18,27-28H,3,13-17H2,1-2H3,(H2,26,30,31). The number of para-hydroxylation sites is 1. The summed E-state index contributed by atoms with van der Waals surface area (Å²) in [5.74, 6) is 6.47. The van der Waals surface area contributed by atoms with Gasteiger partial charge < -0.3 is 15.5 Å². The number of piperidine rings is 1. The third-order valence-corrected chi connectivity index (χ3v) is 8.18. The highest BCUT2D eigenvalue weighted by Crippen LogP contribution is 2.37. The number of nitrogens with two attached hydrogens (primary N) is 1. The van der Waals surface area contributed by atoms with Crippen LogP contribution in [0.2, 0.25) is 0 Å². The summed E-state index contributed by atoms with van der Waals surface area (Å²) in [6.07, 6.45) is 3.21. The van der Waals surface area contributed by atoms with Crippen molar-refractivity contribution in [2.45, 2.75) is 37.1 Å². The van der Waals surface area contributed by atoms with Gasteiger partial charge in [-0.05, 0) is 68.5 Å². The van der Waals surface area contributed by atoms with Crippen LogP contribution in [-0.2, 0) is 16.4 Å². The Balaban J connectivity index is 1.54. The zero-order valence-electron chi connectivity index (χ0n) is 19.0. The van der Waals surface area contributed by atoms with E-state index in [0.717, 1.165) is 37.2 Å². The molecule has 0 radical (unpaired) electrons. The Kier molecular flexibility index (Phi) is 7.25. The summed E-state index contributed by atoms with van der Waals surface area (Å²) in [6, 6.07) is 13.6. The molecule has 1 fully saturated rings. The molecular formula is C25H30N4O2S2. The maximum atomic E-state index is 11.8. The van der Waals surface area contributed by atoms with E-state index >= 15 is 0 Å². The lowest BCUT2D eigenvalue weighted by Crippen LogP contribution is -2.36. The molecule has 174 valence electrons. The number of sulfonamides is 1. The number of hydrogen-bond acceptors (Lipinski definition) is 6. The van der Waals surface area contributed by atoms with Crippen LogP contribution in [0.5, 0.6) is 0 Å². The second kappa shape index (κ2) is 10.1. The third kappa shape index (κ3) is 5.50. The van der Waals surface area contributed by atoms with Crippen molar-refractivity contribution in [2.75, 3.05) is 37.3 Å². The number of anilines is 2. The molecule has 0 atom stereocenters. The number of nitrogens with one attached hydrogen (secondary N) is 2. The average molecular weight is 483 g/mol. The molecule has 0 saturated carbocycles. The predicted octanol–water partition coefficient (Wildman–Crippen LogP) is 4.08. The highest BCUT2D eigenvalue weighted by Gasteiger charge is 2.19. The maximum absolute atomic E-state index is 11.8. The van der Waals surface area contributed by atoms with E-state index in [-0.39, 0.29) is 4.90 Å². The van der Waals surface area contributed by atoms with Gasteiger partial charge in [0, 0.05) is 6.04 Å². The van der Waals surface area contributed by atoms with Gasteiger partial charge in [-0.1, -0.05) is 43.0 Å². The molecule has 2 heterocycles. The molecule has 0 spiro atoms. The van der Waals surface area contributed by atoms with Gasteiger partial charge in [-0.2, -0.15) is 0 Å². The first-order chi connectivity index (χ1) is 15.9. The van der Waals surface area contributed by atoms with Crippen LogP contribution in [0.1, 0.15) is 30.2 Å². The number of benzene rings is 2. The minimum Gasteiger partial charge on any atom is -0.381 e. The highest BCUT2D eigenvalue weighted by atomic mass is 32.2. The molecule has 33 heavy (non-hydrogen) atoms. The first-order valence-corrected chi connectivity index (χ1v) is 13.6. The number of aryl methyl sites for hydroxylation is 1. The van der Waals surface area contributed by atoms with E-state index in [2.05, 4.69) is 59.5 Å². The van der Waals surface area contributed by atoms with Crippen molar-refractivity contribution in [3.8, 4) is 11.8 Å². The van der Waals surface area contributed by atoms with Crippen molar-refractivity contribution in [1.82, 2.24) is 4.90 Å². The largest absolute Gasteiger partial charge is 0.381 e. The molecule has 2 aromatic carbocycles. The van der Waals surface area contributed by atoms with Crippen molar-refractivity contribution in [1.29, 1.82) is 0 Å². The lowest BCUT2D eigenvalue weighted by molar-refractivity contribution is 0.264. The fraction of sp³-hybridized carbons (Fsp3) is 0.360. The molecule has 4 N–H and O–H groups in total. The molecule has 4 rings (SSSR count). The minimum absolute atomic E-state index is 0.0764. The van der Waals surface area contributed by atoms with E-state index in [4.69, 9.17) is 5.14 Å². The van der Waals surface area contributed by atoms with Crippen molar-refractivity contribution < 1.29 is 8.42 Å². The van der Waals surface area contributed by atoms with Crippen LogP contribution < -0.4 is 15.8 Å². The number of likely N-dealkylation sites (tertiary alicyclic amines) is 1. The van der Waals surface area contributed by atoms with Crippen molar-refractivity contribution in [3.05, 3.63) is 52.9 Å². The summed E-state index contributed by atoms with van der Waals surface area (Å²) in [5.41, 5.74) is 2.92. The maximum Gasteiger partial charge on any atom is 0.240 e. The SMILES string of the molecule is CCc1c(C#CCNc2ccccc2S(N)(=O)=O)sc2c(NC3CCN(C)CC3)cccc12. The van der Waals surface area contributed by atoms with Crippen molar-refractivity contribution in [2.24, 2.45) is 5.14 Å². The van der Waals surface area contributed by atoms with E-state index in [1.165, 1.54) is 27.4 Å². The zero-order valence-corrected chi connectivity index (χ0v) is 20.7. The van der Waals surface area contributed by atoms with Gasteiger partial charge in [-0.15, -0.1) is 11.3 Å². The smallest absolute Gasteiger partial charge is 0.240 e. The molecule has 1 aliphatic rings. The quantitative estimate of drug-likeness (QED) is 0.461. The Morgan fingerprint density at radius 2 is 1.85 bits per heavy atom. The molecule has 0 amide bonds. The molecule has 3 aromatic rings. The summed E-state index contributed by atoms with van der Waals surface area (Å²) in [4.78, 5) is 3.52. The second-order valence-electron chi connectivity index (χ2n) is 8.36. The Bertz CT molecular complexity index is 1300. The Morgan fingerprint density at radius 1 is 1.12 bits per heavy atom.